The Morgan fingerprint density at radius 1 is 1.28 bits per heavy atom. The first-order valence-corrected chi connectivity index (χ1v) is 11.1. The van der Waals surface area contributed by atoms with Crippen LogP contribution in [0.3, 0.4) is 0 Å². The Bertz CT molecular complexity index is 816. The fourth-order valence-electron chi connectivity index (χ4n) is 1.84. The second kappa shape index (κ2) is 9.48. The van der Waals surface area contributed by atoms with E-state index in [0.717, 1.165) is 21.2 Å². The Labute approximate surface area is 160 Å². The van der Waals surface area contributed by atoms with E-state index in [4.69, 9.17) is 11.6 Å². The van der Waals surface area contributed by atoms with Gasteiger partial charge in [0.2, 0.25) is 10.0 Å². The quantitative estimate of drug-likeness (QED) is 0.345. The van der Waals surface area contributed by atoms with Crippen molar-refractivity contribution >= 4 is 50.3 Å². The van der Waals surface area contributed by atoms with Gasteiger partial charge in [0.05, 0.1) is 10.9 Å². The van der Waals surface area contributed by atoms with Gasteiger partial charge in [-0.2, -0.15) is 0 Å². The van der Waals surface area contributed by atoms with Crippen LogP contribution >= 0.6 is 34.3 Å². The highest BCUT2D eigenvalue weighted by Gasteiger charge is 2.15. The van der Waals surface area contributed by atoms with Crippen molar-refractivity contribution in [1.29, 1.82) is 0 Å². The zero-order chi connectivity index (χ0) is 18.3. The molecule has 25 heavy (non-hydrogen) atoms. The molecule has 2 aromatic heterocycles. The maximum atomic E-state index is 12.1. The number of nitrogens with one attached hydrogen (secondary N) is 3. The molecule has 0 aliphatic heterocycles. The van der Waals surface area contributed by atoms with Crippen LogP contribution in [0.5, 0.6) is 0 Å². The van der Waals surface area contributed by atoms with E-state index in [9.17, 15) is 8.42 Å². The minimum absolute atomic E-state index is 0.206. The number of halogens is 1. The van der Waals surface area contributed by atoms with E-state index in [1.807, 2.05) is 20.0 Å². The summed E-state index contributed by atoms with van der Waals surface area (Å²) in [5.41, 5.74) is 0. The molecule has 0 amide bonds. The van der Waals surface area contributed by atoms with Gasteiger partial charge >= 0.3 is 0 Å². The summed E-state index contributed by atoms with van der Waals surface area (Å²) >= 11 is 8.41. The first-order valence-electron chi connectivity index (χ1n) is 7.59. The summed E-state index contributed by atoms with van der Waals surface area (Å²) in [6.45, 7) is 5.80. The normalized spacial score (nSPS) is 12.4. The largest absolute Gasteiger partial charge is 0.357 e. The van der Waals surface area contributed by atoms with Crippen LogP contribution in [-0.4, -0.2) is 39.0 Å². The molecule has 0 bridgehead atoms. The number of hydrogen-bond acceptors (Lipinski definition) is 6. The molecule has 2 heterocycles. The minimum Gasteiger partial charge on any atom is -0.357 e. The van der Waals surface area contributed by atoms with Crippen LogP contribution in [0, 0.1) is 6.92 Å². The number of nitrogens with zero attached hydrogens (tertiary/aromatic N) is 2. The summed E-state index contributed by atoms with van der Waals surface area (Å²) < 4.78 is 27.4. The van der Waals surface area contributed by atoms with Gasteiger partial charge in [-0.1, -0.05) is 11.6 Å². The number of aromatic nitrogens is 1. The van der Waals surface area contributed by atoms with E-state index in [-0.39, 0.29) is 10.8 Å². The van der Waals surface area contributed by atoms with Crippen molar-refractivity contribution < 1.29 is 8.42 Å². The second-order valence-electron chi connectivity index (χ2n) is 4.94. The Kier molecular flexibility index (Phi) is 7.63. The molecule has 7 nitrogen and oxygen atoms in total. The number of thiophene rings is 1. The van der Waals surface area contributed by atoms with E-state index < -0.39 is 10.0 Å². The highest BCUT2D eigenvalue weighted by Crippen LogP contribution is 2.25. The van der Waals surface area contributed by atoms with Crippen LogP contribution in [0.1, 0.15) is 16.8 Å². The molecular formula is C14H20ClN5O2S3. The van der Waals surface area contributed by atoms with Crippen molar-refractivity contribution in [2.75, 3.05) is 19.6 Å². The van der Waals surface area contributed by atoms with Crippen LogP contribution in [-0.2, 0) is 16.6 Å². The maximum Gasteiger partial charge on any atom is 0.250 e. The summed E-state index contributed by atoms with van der Waals surface area (Å²) in [6, 6.07) is 3.06. The zero-order valence-corrected chi connectivity index (χ0v) is 17.1. The van der Waals surface area contributed by atoms with E-state index in [2.05, 4.69) is 25.3 Å². The standard InChI is InChI=1S/C14H20ClN5O2S3/c1-3-16-14(19-9-12-18-8-10(2)23-12)17-6-7-20-25(21,22)13-5-4-11(15)24-13/h4-5,8,20H,3,6-7,9H2,1-2H3,(H2,16,17,19). The monoisotopic (exact) mass is 421 g/mol. The van der Waals surface area contributed by atoms with Gasteiger partial charge in [-0.05, 0) is 26.0 Å². The van der Waals surface area contributed by atoms with Crippen molar-refractivity contribution in [2.45, 2.75) is 24.6 Å². The first-order chi connectivity index (χ1) is 11.9. The van der Waals surface area contributed by atoms with Crippen LogP contribution in [0.2, 0.25) is 4.34 Å². The first kappa shape index (κ1) is 20.1. The van der Waals surface area contributed by atoms with E-state index in [1.165, 1.54) is 6.07 Å². The van der Waals surface area contributed by atoms with Gasteiger partial charge in [0.1, 0.15) is 9.22 Å². The van der Waals surface area contributed by atoms with Gasteiger partial charge in [-0.25, -0.2) is 23.1 Å². The molecule has 3 N–H and O–H groups in total. The topological polar surface area (TPSA) is 95.5 Å². The number of thiazole rings is 1. The molecule has 0 aliphatic rings. The molecule has 0 fully saturated rings. The maximum absolute atomic E-state index is 12.1. The van der Waals surface area contributed by atoms with E-state index in [1.54, 1.807) is 17.4 Å². The lowest BCUT2D eigenvalue weighted by Gasteiger charge is -2.11. The van der Waals surface area contributed by atoms with Gasteiger partial charge in [0, 0.05) is 30.7 Å². The Balaban J connectivity index is 1.82. The molecule has 0 radical (unpaired) electrons. The summed E-state index contributed by atoms with van der Waals surface area (Å²) in [5.74, 6) is 0.619. The molecule has 138 valence electrons. The third-order valence-electron chi connectivity index (χ3n) is 2.91. The smallest absolute Gasteiger partial charge is 0.250 e. The molecule has 0 spiro atoms. The zero-order valence-electron chi connectivity index (χ0n) is 13.9. The highest BCUT2D eigenvalue weighted by molar-refractivity contribution is 7.91. The van der Waals surface area contributed by atoms with E-state index >= 15 is 0 Å². The van der Waals surface area contributed by atoms with Crippen molar-refractivity contribution in [1.82, 2.24) is 20.3 Å². The van der Waals surface area contributed by atoms with Crippen LogP contribution in [0.4, 0.5) is 0 Å². The molecule has 0 saturated heterocycles. The lowest BCUT2D eigenvalue weighted by molar-refractivity contribution is 0.582. The Morgan fingerprint density at radius 3 is 2.68 bits per heavy atom. The lowest BCUT2D eigenvalue weighted by Crippen LogP contribution is -2.41. The van der Waals surface area contributed by atoms with Crippen LogP contribution < -0.4 is 15.4 Å². The number of rotatable bonds is 8. The molecule has 0 aromatic carbocycles. The predicted octanol–water partition coefficient (Wildman–Crippen LogP) is 2.20. The summed E-state index contributed by atoms with van der Waals surface area (Å²) in [5, 5.41) is 7.14. The van der Waals surface area contributed by atoms with Crippen LogP contribution in [0.15, 0.2) is 27.5 Å². The molecule has 11 heteroatoms. The SMILES string of the molecule is CCNC(=NCc1ncc(C)s1)NCCNS(=O)(=O)c1ccc(Cl)s1. The van der Waals surface area contributed by atoms with Crippen molar-refractivity contribution in [3.63, 3.8) is 0 Å². The highest BCUT2D eigenvalue weighted by atomic mass is 35.5. The lowest BCUT2D eigenvalue weighted by atomic mass is 10.6. The van der Waals surface area contributed by atoms with Gasteiger partial charge < -0.3 is 10.6 Å². The number of guanidine groups is 1. The molecule has 2 rings (SSSR count). The second-order valence-corrected chi connectivity index (χ2v) is 9.97. The Morgan fingerprint density at radius 2 is 2.08 bits per heavy atom. The minimum atomic E-state index is -3.53. The van der Waals surface area contributed by atoms with E-state index in [0.29, 0.717) is 29.9 Å². The predicted molar refractivity (Wildman–Crippen MR) is 104 cm³/mol. The average molecular weight is 422 g/mol. The molecule has 0 unspecified atom stereocenters. The van der Waals surface area contributed by atoms with Crippen molar-refractivity contribution in [3.8, 4) is 0 Å². The number of aliphatic imine (C=N–C) groups is 1. The Hall–Kier alpha value is -1.20. The fraction of sp³-hybridized carbons (Fsp3) is 0.429. The summed E-state index contributed by atoms with van der Waals surface area (Å²) in [6.07, 6.45) is 1.82. The number of aryl methyl sites for hydroxylation is 1. The molecular weight excluding hydrogens is 402 g/mol. The summed E-state index contributed by atoms with van der Waals surface area (Å²) in [4.78, 5) is 9.85. The third-order valence-corrected chi connectivity index (χ3v) is 6.99. The van der Waals surface area contributed by atoms with Crippen molar-refractivity contribution in [2.24, 2.45) is 4.99 Å². The molecule has 0 aliphatic carbocycles. The van der Waals surface area contributed by atoms with Crippen molar-refractivity contribution in [3.05, 3.63) is 32.6 Å². The average Bonchev–Trinajstić information content (AvgIpc) is 3.18. The summed E-state index contributed by atoms with van der Waals surface area (Å²) in [7, 11) is -3.53. The van der Waals surface area contributed by atoms with Crippen LogP contribution in [0.25, 0.3) is 0 Å². The molecule has 0 saturated carbocycles. The third kappa shape index (κ3) is 6.55. The molecule has 2 aromatic rings. The van der Waals surface area contributed by atoms with Gasteiger partial charge in [-0.15, -0.1) is 22.7 Å². The number of hydrogen-bond donors (Lipinski definition) is 3. The fourth-order valence-corrected chi connectivity index (χ4v) is 5.11. The number of sulfonamides is 1. The molecule has 0 atom stereocenters. The van der Waals surface area contributed by atoms with Gasteiger partial charge in [0.25, 0.3) is 0 Å². The van der Waals surface area contributed by atoms with Gasteiger partial charge in [0.15, 0.2) is 5.96 Å². The van der Waals surface area contributed by atoms with Gasteiger partial charge in [-0.3, -0.25) is 0 Å².